The lowest BCUT2D eigenvalue weighted by molar-refractivity contribution is 0.660. The van der Waals surface area contributed by atoms with Crippen LogP contribution in [0, 0.1) is 0 Å². The molecule has 1 heterocycles. The summed E-state index contributed by atoms with van der Waals surface area (Å²) in [5.41, 5.74) is 19.1. The minimum Gasteiger partial charge on any atom is -0.232 e. The minimum atomic E-state index is -0.0362. The lowest BCUT2D eigenvalue weighted by Crippen LogP contribution is -2.14. The number of allylic oxidation sites excluding steroid dienone is 1. The summed E-state index contributed by atoms with van der Waals surface area (Å²) < 4.78 is 0. The van der Waals surface area contributed by atoms with Gasteiger partial charge in [0.1, 0.15) is 0 Å². The van der Waals surface area contributed by atoms with Gasteiger partial charge in [0.2, 0.25) is 0 Å². The standard InChI is InChI=1S/C64H48N2/c1-41-28-37-60(44-31-29-43(30-32-44)42-16-6-4-7-17-42)65-63(66-62(41)45-18-8-5-9-19-45)49-21-14-20-46(38-49)47-33-35-55-56(39-47)52-23-11-10-22-51(52)54-26-15-25-50(61(54)55)48-34-36-59-57(40-48)53-24-12-13-27-58(53)64(59,2)3/h4-27,29-36,38-40H,28,37H2,1-3H3/b62-41+,65-60?,66-63?. The molecular weight excluding hydrogens is 797 g/mol. The van der Waals surface area contributed by atoms with Crippen molar-refractivity contribution in [2.24, 2.45) is 9.98 Å². The summed E-state index contributed by atoms with van der Waals surface area (Å²) in [7, 11) is 0. The smallest absolute Gasteiger partial charge is 0.160 e. The summed E-state index contributed by atoms with van der Waals surface area (Å²) in [4.78, 5) is 10.9. The molecule has 0 unspecified atom stereocenters. The molecule has 2 heteroatoms. The molecule has 0 saturated heterocycles. The average molecular weight is 845 g/mol. The van der Waals surface area contributed by atoms with E-state index in [4.69, 9.17) is 9.98 Å². The minimum absolute atomic E-state index is 0.0362. The van der Waals surface area contributed by atoms with Gasteiger partial charge in [0.25, 0.3) is 0 Å². The second-order valence-electron chi connectivity index (χ2n) is 18.5. The van der Waals surface area contributed by atoms with Gasteiger partial charge in [0, 0.05) is 16.5 Å². The number of amidine groups is 1. The van der Waals surface area contributed by atoms with E-state index in [1.807, 2.05) is 0 Å². The van der Waals surface area contributed by atoms with E-state index in [1.165, 1.54) is 82.4 Å². The zero-order valence-electron chi connectivity index (χ0n) is 37.5. The maximum atomic E-state index is 5.46. The largest absolute Gasteiger partial charge is 0.232 e. The van der Waals surface area contributed by atoms with Crippen LogP contribution >= 0.6 is 0 Å². The number of nitrogens with zero attached hydrogens (tertiary/aromatic N) is 2. The molecule has 2 nitrogen and oxygen atoms in total. The maximum absolute atomic E-state index is 5.46. The zero-order valence-corrected chi connectivity index (χ0v) is 37.5. The monoisotopic (exact) mass is 844 g/mol. The molecule has 10 aromatic carbocycles. The van der Waals surface area contributed by atoms with Gasteiger partial charge in [0.05, 0.1) is 11.4 Å². The molecule has 0 spiro atoms. The summed E-state index contributed by atoms with van der Waals surface area (Å²) in [6, 6.07) is 77.6. The lowest BCUT2D eigenvalue weighted by Gasteiger charge is -2.21. The molecule has 66 heavy (non-hydrogen) atoms. The van der Waals surface area contributed by atoms with Gasteiger partial charge in [-0.25, -0.2) is 9.98 Å². The predicted octanol–water partition coefficient (Wildman–Crippen LogP) is 16.9. The van der Waals surface area contributed by atoms with Crippen LogP contribution in [-0.4, -0.2) is 11.5 Å². The van der Waals surface area contributed by atoms with Crippen LogP contribution in [-0.2, 0) is 5.41 Å². The molecule has 1 aliphatic heterocycles. The fraction of sp³-hybridized carbons (Fsp3) is 0.0938. The molecule has 12 rings (SSSR count). The van der Waals surface area contributed by atoms with E-state index in [1.54, 1.807) is 0 Å². The third-order valence-corrected chi connectivity index (χ3v) is 14.2. The van der Waals surface area contributed by atoms with E-state index in [9.17, 15) is 0 Å². The van der Waals surface area contributed by atoms with Crippen molar-refractivity contribution in [2.75, 3.05) is 0 Å². The summed E-state index contributed by atoms with van der Waals surface area (Å²) in [6.45, 7) is 6.92. The third-order valence-electron chi connectivity index (χ3n) is 14.2. The molecule has 0 saturated carbocycles. The van der Waals surface area contributed by atoms with E-state index >= 15 is 0 Å². The Morgan fingerprint density at radius 1 is 0.348 bits per heavy atom. The second-order valence-corrected chi connectivity index (χ2v) is 18.5. The fourth-order valence-electron chi connectivity index (χ4n) is 10.7. The Bertz CT molecular complexity index is 3640. The third kappa shape index (κ3) is 6.72. The molecule has 0 atom stereocenters. The quantitative estimate of drug-likeness (QED) is 0.149. The molecule has 314 valence electrons. The van der Waals surface area contributed by atoms with Crippen LogP contribution in [0.4, 0.5) is 0 Å². The lowest BCUT2D eigenvalue weighted by atomic mass is 9.82. The SMILES string of the molecule is C/C1=C(/c2ccccc2)N=C(c2cccc(-c3ccc4c(c3)c3ccccc3c3cccc(-c5ccc6c(c5)-c5ccccc5C6(C)C)c34)c2)N=C(c2ccc(-c3ccccc3)cc2)CC1. The van der Waals surface area contributed by atoms with E-state index in [-0.39, 0.29) is 5.41 Å². The Morgan fingerprint density at radius 2 is 0.894 bits per heavy atom. The van der Waals surface area contributed by atoms with E-state index in [0.29, 0.717) is 0 Å². The number of benzene rings is 10. The molecule has 2 aliphatic rings. The van der Waals surface area contributed by atoms with Gasteiger partial charge < -0.3 is 0 Å². The molecule has 10 aromatic rings. The molecule has 1 aliphatic carbocycles. The summed E-state index contributed by atoms with van der Waals surface area (Å²) in [5.74, 6) is 0.721. The summed E-state index contributed by atoms with van der Waals surface area (Å²) in [5, 5.41) is 7.58. The Labute approximate surface area is 387 Å². The first-order valence-electron chi connectivity index (χ1n) is 23.2. The zero-order chi connectivity index (χ0) is 44.4. The van der Waals surface area contributed by atoms with Crippen LogP contribution in [0.25, 0.3) is 82.5 Å². The van der Waals surface area contributed by atoms with E-state index in [0.717, 1.165) is 57.9 Å². The van der Waals surface area contributed by atoms with Crippen molar-refractivity contribution in [3.05, 3.63) is 246 Å². The first kappa shape index (κ1) is 39.6. The highest BCUT2D eigenvalue weighted by atomic mass is 14.9. The Kier molecular flexibility index (Phi) is 9.57. The van der Waals surface area contributed by atoms with Crippen molar-refractivity contribution in [1.29, 1.82) is 0 Å². The Morgan fingerprint density at radius 3 is 1.70 bits per heavy atom. The van der Waals surface area contributed by atoms with Crippen molar-refractivity contribution < 1.29 is 0 Å². The summed E-state index contributed by atoms with van der Waals surface area (Å²) in [6.07, 6.45) is 1.69. The van der Waals surface area contributed by atoms with Crippen molar-refractivity contribution >= 4 is 49.6 Å². The molecule has 0 N–H and O–H groups in total. The van der Waals surface area contributed by atoms with Gasteiger partial charge in [0.15, 0.2) is 5.84 Å². The Balaban J connectivity index is 0.993. The molecule has 0 radical (unpaired) electrons. The normalized spacial score (nSPS) is 15.5. The van der Waals surface area contributed by atoms with Gasteiger partial charge in [-0.05, 0) is 137 Å². The number of hydrogen-bond donors (Lipinski definition) is 0. The van der Waals surface area contributed by atoms with Crippen LogP contribution in [0.1, 0.15) is 61.4 Å². The van der Waals surface area contributed by atoms with Crippen LogP contribution in [0.2, 0.25) is 0 Å². The number of hydrogen-bond acceptors (Lipinski definition) is 2. The molecule has 0 amide bonds. The van der Waals surface area contributed by atoms with Gasteiger partial charge in [-0.2, -0.15) is 0 Å². The van der Waals surface area contributed by atoms with Gasteiger partial charge in [-0.1, -0.05) is 208 Å². The van der Waals surface area contributed by atoms with Crippen LogP contribution in [0.15, 0.2) is 228 Å². The van der Waals surface area contributed by atoms with Gasteiger partial charge in [-0.3, -0.25) is 0 Å². The first-order valence-corrected chi connectivity index (χ1v) is 23.2. The van der Waals surface area contributed by atoms with Gasteiger partial charge >= 0.3 is 0 Å². The van der Waals surface area contributed by atoms with Crippen LogP contribution in [0.3, 0.4) is 0 Å². The Hall–Kier alpha value is -7.94. The van der Waals surface area contributed by atoms with E-state index in [2.05, 4.69) is 233 Å². The highest BCUT2D eigenvalue weighted by molar-refractivity contribution is 6.29. The maximum Gasteiger partial charge on any atom is 0.160 e. The molecule has 0 bridgehead atoms. The highest BCUT2D eigenvalue weighted by Gasteiger charge is 2.35. The van der Waals surface area contributed by atoms with E-state index < -0.39 is 0 Å². The number of aliphatic imine (C=N–C) groups is 2. The predicted molar refractivity (Wildman–Crippen MR) is 281 cm³/mol. The molecular formula is C64H48N2. The fourth-order valence-corrected chi connectivity index (χ4v) is 10.7. The molecule has 0 aromatic heterocycles. The second kappa shape index (κ2) is 15.9. The van der Waals surface area contributed by atoms with Gasteiger partial charge in [-0.15, -0.1) is 0 Å². The average Bonchev–Trinajstić information content (AvgIpc) is 3.60. The highest BCUT2D eigenvalue weighted by Crippen LogP contribution is 2.50. The topological polar surface area (TPSA) is 24.7 Å². The van der Waals surface area contributed by atoms with Crippen LogP contribution < -0.4 is 0 Å². The van der Waals surface area contributed by atoms with Crippen molar-refractivity contribution in [3.63, 3.8) is 0 Å². The van der Waals surface area contributed by atoms with Crippen LogP contribution in [0.5, 0.6) is 0 Å². The molecule has 0 fully saturated rings. The summed E-state index contributed by atoms with van der Waals surface area (Å²) >= 11 is 0. The van der Waals surface area contributed by atoms with Crippen molar-refractivity contribution in [1.82, 2.24) is 0 Å². The number of rotatable bonds is 6. The first-order chi connectivity index (χ1) is 32.4. The number of fused-ring (bicyclic) bond motifs is 9. The van der Waals surface area contributed by atoms with Crippen molar-refractivity contribution in [3.8, 4) is 44.5 Å². The van der Waals surface area contributed by atoms with Crippen molar-refractivity contribution in [2.45, 2.75) is 39.0 Å².